The Morgan fingerprint density at radius 1 is 0.369 bits per heavy atom. The molecular formula is C40H34N12Na6O20S6. The van der Waals surface area contributed by atoms with Gasteiger partial charge in [0.05, 0.1) is 67.2 Å². The summed E-state index contributed by atoms with van der Waals surface area (Å²) in [5.74, 6) is -2.07. The molecule has 2 aliphatic rings. The summed E-state index contributed by atoms with van der Waals surface area (Å²) in [7, 11) is -31.8. The maximum Gasteiger partial charge on any atom is 1.00 e. The predicted octanol–water partition coefficient (Wildman–Crippen LogP) is -17.7. The van der Waals surface area contributed by atoms with Crippen LogP contribution in [0.25, 0.3) is 12.2 Å². The van der Waals surface area contributed by atoms with E-state index in [9.17, 15) is 77.8 Å². The molecule has 0 spiro atoms. The number of benzene rings is 4. The third kappa shape index (κ3) is 21.2. The molecule has 2 saturated heterocycles. The molecule has 2 aromatic heterocycles. The van der Waals surface area contributed by atoms with E-state index in [1.165, 1.54) is 12.1 Å². The molecule has 8 rings (SSSR count). The van der Waals surface area contributed by atoms with Gasteiger partial charge in [-0.05, 0) is 71.8 Å². The van der Waals surface area contributed by atoms with Crippen LogP contribution in [0.5, 0.6) is 0 Å². The van der Waals surface area contributed by atoms with Gasteiger partial charge in [0.15, 0.2) is 0 Å². The average molecular weight is 1330 g/mol. The second-order valence-electron chi connectivity index (χ2n) is 16.1. The van der Waals surface area contributed by atoms with E-state index in [1.807, 2.05) is 0 Å². The molecular weight excluding hydrogens is 1300 g/mol. The number of hydrogen-bond acceptors (Lipinski definition) is 32. The molecule has 0 bridgehead atoms. The van der Waals surface area contributed by atoms with Crippen molar-refractivity contribution in [2.45, 2.75) is 29.4 Å². The van der Waals surface area contributed by atoms with E-state index in [0.717, 1.165) is 36.4 Å². The number of anilines is 10. The first-order valence-corrected chi connectivity index (χ1v) is 30.1. The minimum Gasteiger partial charge on any atom is -0.744 e. The molecule has 0 saturated carbocycles. The van der Waals surface area contributed by atoms with Crippen molar-refractivity contribution in [2.24, 2.45) is 0 Å². The summed E-state index contributed by atoms with van der Waals surface area (Å²) < 4.78 is 230. The molecule has 32 nitrogen and oxygen atoms in total. The molecule has 6 aromatic rings. The Bertz CT molecular complexity index is 3860. The van der Waals surface area contributed by atoms with Gasteiger partial charge in [-0.15, -0.1) is 0 Å². The average Bonchev–Trinajstić information content (AvgIpc) is 3.54. The molecule has 0 atom stereocenters. The Balaban J connectivity index is 0.00000401. The fourth-order valence-electron chi connectivity index (χ4n) is 7.33. The number of rotatable bonds is 18. The monoisotopic (exact) mass is 1330 g/mol. The van der Waals surface area contributed by atoms with Crippen LogP contribution in [0.1, 0.15) is 11.1 Å². The molecule has 84 heavy (non-hydrogen) atoms. The van der Waals surface area contributed by atoms with Crippen molar-refractivity contribution in [2.75, 3.05) is 83.7 Å². The van der Waals surface area contributed by atoms with Crippen molar-refractivity contribution in [3.63, 3.8) is 0 Å². The van der Waals surface area contributed by atoms with Crippen LogP contribution in [0.15, 0.2) is 102 Å². The van der Waals surface area contributed by atoms with Crippen LogP contribution in [0.3, 0.4) is 0 Å². The summed E-state index contributed by atoms with van der Waals surface area (Å²) in [5, 5.41) is 10.2. The van der Waals surface area contributed by atoms with Crippen molar-refractivity contribution in [3.8, 4) is 0 Å². The normalized spacial score (nSPS) is 14.0. The van der Waals surface area contributed by atoms with Crippen molar-refractivity contribution in [3.05, 3.63) is 83.9 Å². The summed E-state index contributed by atoms with van der Waals surface area (Å²) in [6.07, 6.45) is 1.99. The van der Waals surface area contributed by atoms with Gasteiger partial charge in [0.25, 0.3) is 0 Å². The van der Waals surface area contributed by atoms with Gasteiger partial charge >= 0.3 is 177 Å². The summed E-state index contributed by atoms with van der Waals surface area (Å²) in [6, 6.07) is 9.81. The van der Waals surface area contributed by atoms with E-state index in [1.54, 1.807) is 9.80 Å². The molecule has 4 N–H and O–H groups in total. The van der Waals surface area contributed by atoms with Crippen molar-refractivity contribution in [1.82, 2.24) is 29.9 Å². The van der Waals surface area contributed by atoms with Crippen LogP contribution in [0.4, 0.5) is 58.4 Å². The zero-order valence-electron chi connectivity index (χ0n) is 44.9. The van der Waals surface area contributed by atoms with Crippen LogP contribution >= 0.6 is 0 Å². The van der Waals surface area contributed by atoms with E-state index in [2.05, 4.69) is 51.2 Å². The number of aromatic nitrogens is 6. The number of morpholine rings is 2. The van der Waals surface area contributed by atoms with Gasteiger partial charge in [-0.25, -0.2) is 50.5 Å². The minimum atomic E-state index is -5.40. The third-order valence-electron chi connectivity index (χ3n) is 10.9. The summed E-state index contributed by atoms with van der Waals surface area (Å²) in [4.78, 5) is 22.8. The Morgan fingerprint density at radius 3 is 0.952 bits per heavy atom. The van der Waals surface area contributed by atoms with Gasteiger partial charge in [-0.3, -0.25) is 0 Å². The zero-order chi connectivity index (χ0) is 56.6. The predicted molar refractivity (Wildman–Crippen MR) is 261 cm³/mol. The second kappa shape index (κ2) is 32.2. The standard InChI is InChI=1S/C40H40N12O20S6.6Na/c53-73(54,55)27-7-9-31(75(59,60)61)29(21-27)43-37-45-35(47-39(49-37)51-11-15-71-16-12-51)41-25-5-3-23(33(19-25)77(65,66)67)1-2-24-4-6-26(20-34(24)78(68,69)70)42-36-46-38(50-40(48-36)52-13-17-72-18-14-52)44-30-22-28(74(56,57)58)8-10-32(30)76(62,63)64;;;;;;/h1-10,19-22H,11-18H2,(H,53,54,55)(H,56,57,58)(H,59,60,61)(H,62,63,64)(H,65,66,67)(H,68,69,70)(H2,41,43,45,47,49)(H2,42,44,46,48,50);;;;;;/q;6*+1/p-6/b2-1+;;;;;;. The summed E-state index contributed by atoms with van der Waals surface area (Å²) in [5.41, 5.74) is -2.47. The molecule has 4 heterocycles. The van der Waals surface area contributed by atoms with E-state index >= 15 is 0 Å². The molecule has 416 valence electrons. The van der Waals surface area contributed by atoms with Gasteiger partial charge in [0.1, 0.15) is 60.7 Å². The van der Waals surface area contributed by atoms with E-state index in [-0.39, 0.29) is 264 Å². The first-order chi connectivity index (χ1) is 36.4. The maximum atomic E-state index is 12.7. The molecule has 2 fully saturated rings. The van der Waals surface area contributed by atoms with Gasteiger partial charge < -0.3 is 67.9 Å². The van der Waals surface area contributed by atoms with Crippen LogP contribution in [-0.2, 0) is 70.2 Å². The number of hydrogen-bond donors (Lipinski definition) is 4. The smallest absolute Gasteiger partial charge is 0.744 e. The van der Waals surface area contributed by atoms with Crippen LogP contribution in [0.2, 0.25) is 0 Å². The first-order valence-electron chi connectivity index (χ1n) is 21.6. The van der Waals surface area contributed by atoms with E-state index in [0.29, 0.717) is 36.4 Å². The molecule has 0 radical (unpaired) electrons. The van der Waals surface area contributed by atoms with Crippen LogP contribution < -0.4 is 208 Å². The van der Waals surface area contributed by atoms with E-state index < -0.39 is 125 Å². The maximum absolute atomic E-state index is 12.7. The Morgan fingerprint density at radius 2 is 0.667 bits per heavy atom. The fourth-order valence-corrected chi connectivity index (χ4v) is 10.9. The molecule has 0 unspecified atom stereocenters. The quantitative estimate of drug-likeness (QED) is 0.0353. The topological polar surface area (TPSA) is 494 Å². The van der Waals surface area contributed by atoms with Crippen molar-refractivity contribution < 1.29 is 265 Å². The van der Waals surface area contributed by atoms with E-state index in [4.69, 9.17) is 9.47 Å². The largest absolute Gasteiger partial charge is 1.00 e. The van der Waals surface area contributed by atoms with Crippen LogP contribution in [-0.4, -0.2) is 160 Å². The summed E-state index contributed by atoms with van der Waals surface area (Å²) >= 11 is 0. The van der Waals surface area contributed by atoms with Crippen LogP contribution in [0, 0.1) is 0 Å². The molecule has 44 heteroatoms. The molecule has 0 amide bonds. The zero-order valence-corrected chi connectivity index (χ0v) is 61.8. The van der Waals surface area contributed by atoms with Gasteiger partial charge in [-0.2, -0.15) is 29.9 Å². The second-order valence-corrected chi connectivity index (χ2v) is 24.3. The molecule has 0 aliphatic carbocycles. The van der Waals surface area contributed by atoms with Gasteiger partial charge in [-0.1, -0.05) is 24.3 Å². The number of nitrogens with one attached hydrogen (secondary N) is 4. The fraction of sp³-hybridized carbons (Fsp3) is 0.200. The number of nitrogens with zero attached hydrogens (tertiary/aromatic N) is 8. The minimum absolute atomic E-state index is 0. The Labute approximate surface area is 613 Å². The number of ether oxygens (including phenoxy) is 2. The Kier molecular flexibility index (Phi) is 30.3. The van der Waals surface area contributed by atoms with Gasteiger partial charge in [0.2, 0.25) is 35.7 Å². The SMILES string of the molecule is O=S(=O)([O-])c1ccc(S(=O)(=O)[O-])c(Nc2nc(Nc3ccc(/C=C/c4ccc(Nc5nc(Nc6cc(S(=O)(=O)[O-])ccc6S(=O)(=O)[O-])nc(N6CCOCC6)n5)cc4S(=O)(=O)[O-])c(S(=O)(=O)[O-])c3)nc(N3CCOCC3)n2)c1.[Na+].[Na+].[Na+].[Na+].[Na+].[Na+]. The van der Waals surface area contributed by atoms with Gasteiger partial charge in [0, 0.05) is 37.6 Å². The van der Waals surface area contributed by atoms with Crippen molar-refractivity contribution in [1.29, 1.82) is 0 Å². The molecule has 2 aliphatic heterocycles. The Hall–Kier alpha value is -1.18. The summed E-state index contributed by atoms with van der Waals surface area (Å²) in [6.45, 7) is 1.62. The molecule has 4 aromatic carbocycles. The third-order valence-corrected chi connectivity index (χ3v) is 16.1. The van der Waals surface area contributed by atoms with Crippen molar-refractivity contribution >= 4 is 131 Å². The first kappa shape index (κ1) is 78.9.